The van der Waals surface area contributed by atoms with Gasteiger partial charge in [-0.2, -0.15) is 8.78 Å². The van der Waals surface area contributed by atoms with Gasteiger partial charge in [-0.3, -0.25) is 0 Å². The molecule has 0 aromatic heterocycles. The lowest BCUT2D eigenvalue weighted by Crippen LogP contribution is -2.37. The molecule has 2 fully saturated rings. The third kappa shape index (κ3) is 2.94. The van der Waals surface area contributed by atoms with E-state index in [0.717, 1.165) is 0 Å². The van der Waals surface area contributed by atoms with E-state index in [4.69, 9.17) is 0 Å². The predicted molar refractivity (Wildman–Crippen MR) is 58.9 cm³/mol. The Labute approximate surface area is 99.9 Å². The number of cyclic esters (lactones) is 1. The second-order valence-electron chi connectivity index (χ2n) is 5.18. The summed E-state index contributed by atoms with van der Waals surface area (Å²) >= 11 is 0. The van der Waals surface area contributed by atoms with E-state index in [1.165, 1.54) is 25.7 Å². The molecule has 3 nitrogen and oxygen atoms in total. The molecule has 1 heterocycles. The van der Waals surface area contributed by atoms with Crippen LogP contribution in [0.4, 0.5) is 8.78 Å². The summed E-state index contributed by atoms with van der Waals surface area (Å²) in [6.45, 7) is 2.41. The van der Waals surface area contributed by atoms with E-state index in [2.05, 4.69) is 17.0 Å². The van der Waals surface area contributed by atoms with Gasteiger partial charge in [-0.05, 0) is 25.7 Å². The van der Waals surface area contributed by atoms with Crippen LogP contribution in [0.15, 0.2) is 0 Å². The molecule has 0 spiro atoms. The third-order valence-electron chi connectivity index (χ3n) is 3.83. The lowest BCUT2D eigenvalue weighted by atomic mass is 9.99. The SMILES string of the molecule is CC(NCC1CC(F)(F)C(=O)O1)C1CCCC1. The molecule has 1 saturated carbocycles. The van der Waals surface area contributed by atoms with Gasteiger partial charge in [0.05, 0.1) is 6.42 Å². The molecule has 0 aromatic carbocycles. The number of halogens is 2. The topological polar surface area (TPSA) is 38.3 Å². The van der Waals surface area contributed by atoms with Crippen LogP contribution in [0.2, 0.25) is 0 Å². The van der Waals surface area contributed by atoms with Crippen LogP contribution in [0, 0.1) is 5.92 Å². The first-order valence-corrected chi connectivity index (χ1v) is 6.31. The molecule has 0 aromatic rings. The minimum Gasteiger partial charge on any atom is -0.456 e. The lowest BCUT2D eigenvalue weighted by molar-refractivity contribution is -0.159. The molecule has 1 aliphatic heterocycles. The molecular formula is C12H19F2NO2. The van der Waals surface area contributed by atoms with Crippen molar-refractivity contribution in [2.75, 3.05) is 6.54 Å². The quantitative estimate of drug-likeness (QED) is 0.773. The van der Waals surface area contributed by atoms with Crippen LogP contribution in [0.3, 0.4) is 0 Å². The van der Waals surface area contributed by atoms with Crippen molar-refractivity contribution >= 4 is 5.97 Å². The van der Waals surface area contributed by atoms with Gasteiger partial charge in [0.15, 0.2) is 0 Å². The van der Waals surface area contributed by atoms with E-state index < -0.39 is 24.4 Å². The zero-order valence-corrected chi connectivity index (χ0v) is 10.0. The minimum atomic E-state index is -3.29. The third-order valence-corrected chi connectivity index (χ3v) is 3.83. The smallest absolute Gasteiger partial charge is 0.377 e. The molecule has 2 unspecified atom stereocenters. The average molecular weight is 247 g/mol. The van der Waals surface area contributed by atoms with Crippen molar-refractivity contribution in [1.29, 1.82) is 0 Å². The van der Waals surface area contributed by atoms with Crippen LogP contribution in [-0.4, -0.2) is 30.6 Å². The second kappa shape index (κ2) is 4.88. The van der Waals surface area contributed by atoms with E-state index in [1.54, 1.807) is 0 Å². The fraction of sp³-hybridized carbons (Fsp3) is 0.917. The Hall–Kier alpha value is -0.710. The molecule has 98 valence electrons. The van der Waals surface area contributed by atoms with Gasteiger partial charge in [0.2, 0.25) is 0 Å². The van der Waals surface area contributed by atoms with Crippen molar-refractivity contribution in [3.63, 3.8) is 0 Å². The van der Waals surface area contributed by atoms with E-state index in [-0.39, 0.29) is 0 Å². The van der Waals surface area contributed by atoms with Crippen molar-refractivity contribution in [1.82, 2.24) is 5.32 Å². The molecule has 17 heavy (non-hydrogen) atoms. The number of alkyl halides is 2. The highest BCUT2D eigenvalue weighted by Gasteiger charge is 2.50. The van der Waals surface area contributed by atoms with Crippen molar-refractivity contribution in [3.8, 4) is 0 Å². The Morgan fingerprint density at radius 1 is 1.47 bits per heavy atom. The summed E-state index contributed by atoms with van der Waals surface area (Å²) < 4.78 is 30.5. The monoisotopic (exact) mass is 247 g/mol. The highest BCUT2D eigenvalue weighted by Crippen LogP contribution is 2.31. The molecule has 2 aliphatic rings. The van der Waals surface area contributed by atoms with Crippen LogP contribution >= 0.6 is 0 Å². The first-order valence-electron chi connectivity index (χ1n) is 6.31. The van der Waals surface area contributed by atoms with Gasteiger partial charge in [0.1, 0.15) is 6.10 Å². The number of carbonyl (C=O) groups is 1. The summed E-state index contributed by atoms with van der Waals surface area (Å²) in [6.07, 6.45) is 3.75. The summed E-state index contributed by atoms with van der Waals surface area (Å²) in [5.74, 6) is -4.03. The lowest BCUT2D eigenvalue weighted by Gasteiger charge is -2.21. The number of ether oxygens (including phenoxy) is 1. The fourth-order valence-corrected chi connectivity index (χ4v) is 2.70. The van der Waals surface area contributed by atoms with Crippen molar-refractivity contribution < 1.29 is 18.3 Å². The Balaban J connectivity index is 1.74. The number of hydrogen-bond donors (Lipinski definition) is 1. The molecule has 5 heteroatoms. The van der Waals surface area contributed by atoms with Crippen molar-refractivity contribution in [3.05, 3.63) is 0 Å². The Kier molecular flexibility index (Phi) is 3.66. The summed E-state index contributed by atoms with van der Waals surface area (Å²) in [7, 11) is 0. The summed E-state index contributed by atoms with van der Waals surface area (Å²) in [6, 6.07) is 0.311. The molecule has 1 N–H and O–H groups in total. The average Bonchev–Trinajstić information content (AvgIpc) is 2.85. The van der Waals surface area contributed by atoms with E-state index >= 15 is 0 Å². The first kappa shape index (κ1) is 12.7. The fourth-order valence-electron chi connectivity index (χ4n) is 2.70. The highest BCUT2D eigenvalue weighted by molar-refractivity contribution is 5.79. The Bertz CT molecular complexity index is 290. The number of esters is 1. The van der Waals surface area contributed by atoms with Gasteiger partial charge < -0.3 is 10.1 Å². The maximum Gasteiger partial charge on any atom is 0.377 e. The van der Waals surface area contributed by atoms with Gasteiger partial charge >= 0.3 is 11.9 Å². The summed E-state index contributed by atoms with van der Waals surface area (Å²) in [5.41, 5.74) is 0. The molecule has 2 rings (SSSR count). The molecule has 1 saturated heterocycles. The van der Waals surface area contributed by atoms with Crippen molar-refractivity contribution in [2.24, 2.45) is 5.92 Å². The van der Waals surface area contributed by atoms with Gasteiger partial charge in [-0.15, -0.1) is 0 Å². The second-order valence-corrected chi connectivity index (χ2v) is 5.18. The number of carbonyl (C=O) groups excluding carboxylic acids is 1. The number of rotatable bonds is 4. The number of hydrogen-bond acceptors (Lipinski definition) is 3. The van der Waals surface area contributed by atoms with E-state index in [1.807, 2.05) is 0 Å². The molecule has 1 aliphatic carbocycles. The summed E-state index contributed by atoms with van der Waals surface area (Å²) in [5, 5.41) is 3.21. The normalized spacial score (nSPS) is 30.5. The van der Waals surface area contributed by atoms with Crippen LogP contribution in [0.5, 0.6) is 0 Å². The standard InChI is InChI=1S/C12H19F2NO2/c1-8(9-4-2-3-5-9)15-7-10-6-12(13,14)11(16)17-10/h8-10,15H,2-7H2,1H3. The Morgan fingerprint density at radius 3 is 2.65 bits per heavy atom. The van der Waals surface area contributed by atoms with Crippen LogP contribution in [0.1, 0.15) is 39.0 Å². The van der Waals surface area contributed by atoms with Crippen LogP contribution < -0.4 is 5.32 Å². The van der Waals surface area contributed by atoms with E-state index in [9.17, 15) is 13.6 Å². The van der Waals surface area contributed by atoms with Gasteiger partial charge in [0, 0.05) is 12.6 Å². The minimum absolute atomic E-state index is 0.311. The molecule has 0 bridgehead atoms. The van der Waals surface area contributed by atoms with Crippen LogP contribution in [0.25, 0.3) is 0 Å². The first-order chi connectivity index (χ1) is 7.99. The zero-order valence-electron chi connectivity index (χ0n) is 10.0. The predicted octanol–water partition coefficient (Wildman–Crippen LogP) is 2.11. The van der Waals surface area contributed by atoms with Crippen molar-refractivity contribution in [2.45, 2.75) is 57.1 Å². The van der Waals surface area contributed by atoms with Gasteiger partial charge in [0.25, 0.3) is 0 Å². The molecule has 0 amide bonds. The maximum atomic E-state index is 12.9. The molecule has 0 radical (unpaired) electrons. The van der Waals surface area contributed by atoms with Gasteiger partial charge in [-0.25, -0.2) is 4.79 Å². The van der Waals surface area contributed by atoms with Crippen LogP contribution in [-0.2, 0) is 9.53 Å². The largest absolute Gasteiger partial charge is 0.456 e. The maximum absolute atomic E-state index is 12.9. The van der Waals surface area contributed by atoms with E-state index in [0.29, 0.717) is 18.5 Å². The zero-order chi connectivity index (χ0) is 12.5. The highest BCUT2D eigenvalue weighted by atomic mass is 19.3. The Morgan fingerprint density at radius 2 is 2.12 bits per heavy atom. The summed E-state index contributed by atoms with van der Waals surface area (Å²) in [4.78, 5) is 10.8. The number of nitrogens with one attached hydrogen (secondary N) is 1. The van der Waals surface area contributed by atoms with Gasteiger partial charge in [-0.1, -0.05) is 12.8 Å². The molecule has 2 atom stereocenters. The molecular weight excluding hydrogens is 228 g/mol.